The van der Waals surface area contributed by atoms with Gasteiger partial charge in [0.15, 0.2) is 0 Å². The lowest BCUT2D eigenvalue weighted by atomic mass is 10.2. The molecule has 2 aromatic rings. The Balaban J connectivity index is 2.03. The van der Waals surface area contributed by atoms with Crippen molar-refractivity contribution in [1.29, 1.82) is 0 Å². The zero-order valence-electron chi connectivity index (χ0n) is 11.4. The number of halogens is 1. The molecule has 1 heterocycles. The quantitative estimate of drug-likeness (QED) is 0.935. The fraction of sp³-hybridized carbons (Fsp3) is 0.400. The van der Waals surface area contributed by atoms with Gasteiger partial charge in [-0.1, -0.05) is 13.0 Å². The van der Waals surface area contributed by atoms with Gasteiger partial charge in [0, 0.05) is 17.3 Å². The van der Waals surface area contributed by atoms with Crippen molar-refractivity contribution in [3.05, 3.63) is 28.9 Å². The molecular formula is C15H17FN2OS. The molecule has 3 rings (SSSR count). The highest BCUT2D eigenvalue weighted by molar-refractivity contribution is 7.21. The van der Waals surface area contributed by atoms with Crippen molar-refractivity contribution in [2.24, 2.45) is 0 Å². The van der Waals surface area contributed by atoms with Crippen LogP contribution in [-0.2, 0) is 0 Å². The first kappa shape index (κ1) is 13.4. The van der Waals surface area contributed by atoms with E-state index in [1.54, 1.807) is 12.1 Å². The molecular weight excluding hydrogens is 275 g/mol. The van der Waals surface area contributed by atoms with Crippen molar-refractivity contribution >= 4 is 33.0 Å². The average molecular weight is 292 g/mol. The minimum absolute atomic E-state index is 0.0487. The Labute approximate surface area is 121 Å². The number of nitrogens with zero attached hydrogens (tertiary/aromatic N) is 1. The van der Waals surface area contributed by atoms with E-state index in [0.29, 0.717) is 16.3 Å². The molecule has 0 aliphatic heterocycles. The first-order valence-corrected chi connectivity index (χ1v) is 7.72. The number of nitrogens with two attached hydrogens (primary N) is 1. The molecule has 2 N–H and O–H groups in total. The molecule has 1 aromatic carbocycles. The van der Waals surface area contributed by atoms with Gasteiger partial charge >= 0.3 is 0 Å². The van der Waals surface area contributed by atoms with E-state index in [1.165, 1.54) is 17.4 Å². The lowest BCUT2D eigenvalue weighted by molar-refractivity contribution is 0.0749. The lowest BCUT2D eigenvalue weighted by Crippen LogP contribution is -2.33. The number of fused-ring (bicyclic) bond motifs is 1. The minimum Gasteiger partial charge on any atom is -0.397 e. The molecule has 0 radical (unpaired) electrons. The van der Waals surface area contributed by atoms with Gasteiger partial charge in [0.25, 0.3) is 5.91 Å². The standard InChI is InChI=1S/C15H17FN2OS/c1-2-8-18(9-6-7-9)15(19)14-13(17)12-10(16)4-3-5-11(12)20-14/h3-5,9H,2,6-8,17H2,1H3. The van der Waals surface area contributed by atoms with Gasteiger partial charge in [-0.2, -0.15) is 0 Å². The van der Waals surface area contributed by atoms with Crippen LogP contribution in [0.4, 0.5) is 10.1 Å². The molecule has 1 aliphatic rings. The van der Waals surface area contributed by atoms with Crippen LogP contribution in [0.25, 0.3) is 10.1 Å². The maximum absolute atomic E-state index is 13.8. The van der Waals surface area contributed by atoms with Crippen LogP contribution in [0.2, 0.25) is 0 Å². The van der Waals surface area contributed by atoms with Crippen molar-refractivity contribution in [2.45, 2.75) is 32.2 Å². The second-order valence-corrected chi connectivity index (χ2v) is 6.24. The van der Waals surface area contributed by atoms with E-state index in [2.05, 4.69) is 6.92 Å². The van der Waals surface area contributed by atoms with Gasteiger partial charge in [0.1, 0.15) is 10.7 Å². The highest BCUT2D eigenvalue weighted by Crippen LogP contribution is 2.38. The summed E-state index contributed by atoms with van der Waals surface area (Å²) in [5.41, 5.74) is 6.31. The Kier molecular flexibility index (Phi) is 3.38. The maximum atomic E-state index is 13.8. The zero-order valence-corrected chi connectivity index (χ0v) is 12.2. The molecule has 1 fully saturated rings. The normalized spacial score (nSPS) is 14.7. The van der Waals surface area contributed by atoms with E-state index >= 15 is 0 Å². The summed E-state index contributed by atoms with van der Waals surface area (Å²) in [5.74, 6) is -0.406. The predicted molar refractivity (Wildman–Crippen MR) is 80.5 cm³/mol. The van der Waals surface area contributed by atoms with Crippen molar-refractivity contribution < 1.29 is 9.18 Å². The molecule has 1 aliphatic carbocycles. The molecule has 0 unspecified atom stereocenters. The summed E-state index contributed by atoms with van der Waals surface area (Å²) in [4.78, 5) is 15.0. The largest absolute Gasteiger partial charge is 0.397 e. The van der Waals surface area contributed by atoms with Gasteiger partial charge in [0.2, 0.25) is 0 Å². The predicted octanol–water partition coefficient (Wildman–Crippen LogP) is 3.64. The van der Waals surface area contributed by atoms with Crippen molar-refractivity contribution in [2.75, 3.05) is 12.3 Å². The molecule has 3 nitrogen and oxygen atoms in total. The van der Waals surface area contributed by atoms with Gasteiger partial charge < -0.3 is 10.6 Å². The van der Waals surface area contributed by atoms with Gasteiger partial charge in [-0.3, -0.25) is 4.79 Å². The molecule has 0 saturated heterocycles. The number of benzene rings is 1. The highest BCUT2D eigenvalue weighted by Gasteiger charge is 2.34. The lowest BCUT2D eigenvalue weighted by Gasteiger charge is -2.21. The highest BCUT2D eigenvalue weighted by atomic mass is 32.1. The number of nitrogen functional groups attached to an aromatic ring is 1. The van der Waals surface area contributed by atoms with Crippen LogP contribution < -0.4 is 5.73 Å². The van der Waals surface area contributed by atoms with E-state index in [-0.39, 0.29) is 17.4 Å². The van der Waals surface area contributed by atoms with E-state index in [9.17, 15) is 9.18 Å². The topological polar surface area (TPSA) is 46.3 Å². The summed E-state index contributed by atoms with van der Waals surface area (Å²) >= 11 is 1.29. The Hall–Kier alpha value is -1.62. The molecule has 20 heavy (non-hydrogen) atoms. The van der Waals surface area contributed by atoms with Crippen LogP contribution in [0, 0.1) is 5.82 Å². The molecule has 106 valence electrons. The SMILES string of the molecule is CCCN(C(=O)c1sc2cccc(F)c2c1N)C1CC1. The van der Waals surface area contributed by atoms with Crippen LogP contribution >= 0.6 is 11.3 Å². The molecule has 1 aromatic heterocycles. The Morgan fingerprint density at radius 3 is 2.85 bits per heavy atom. The molecule has 1 amide bonds. The summed E-state index contributed by atoms with van der Waals surface area (Å²) in [5, 5.41) is 0.382. The molecule has 0 bridgehead atoms. The third-order valence-corrected chi connectivity index (χ3v) is 4.77. The Morgan fingerprint density at radius 1 is 1.50 bits per heavy atom. The number of hydrogen-bond acceptors (Lipinski definition) is 3. The zero-order chi connectivity index (χ0) is 14.3. The summed E-state index contributed by atoms with van der Waals surface area (Å²) in [7, 11) is 0. The van der Waals surface area contributed by atoms with E-state index in [4.69, 9.17) is 5.73 Å². The fourth-order valence-corrected chi connectivity index (χ4v) is 3.59. The van der Waals surface area contributed by atoms with Crippen LogP contribution in [0.15, 0.2) is 18.2 Å². The first-order valence-electron chi connectivity index (χ1n) is 6.91. The average Bonchev–Trinajstić information content (AvgIpc) is 3.20. The van der Waals surface area contributed by atoms with Gasteiger partial charge in [-0.25, -0.2) is 4.39 Å². The summed E-state index contributed by atoms with van der Waals surface area (Å²) < 4.78 is 14.6. The van der Waals surface area contributed by atoms with Crippen LogP contribution in [0.3, 0.4) is 0 Å². The minimum atomic E-state index is -0.358. The number of anilines is 1. The van der Waals surface area contributed by atoms with Gasteiger partial charge in [0.05, 0.1) is 11.1 Å². The smallest absolute Gasteiger partial charge is 0.266 e. The van der Waals surface area contributed by atoms with E-state index < -0.39 is 0 Å². The van der Waals surface area contributed by atoms with E-state index in [1.807, 2.05) is 4.90 Å². The van der Waals surface area contributed by atoms with Crippen molar-refractivity contribution in [3.63, 3.8) is 0 Å². The van der Waals surface area contributed by atoms with Gasteiger partial charge in [-0.15, -0.1) is 11.3 Å². The first-order chi connectivity index (χ1) is 9.63. The Morgan fingerprint density at radius 2 is 2.25 bits per heavy atom. The maximum Gasteiger partial charge on any atom is 0.266 e. The molecule has 1 saturated carbocycles. The van der Waals surface area contributed by atoms with Crippen LogP contribution in [-0.4, -0.2) is 23.4 Å². The number of rotatable bonds is 4. The van der Waals surface area contributed by atoms with Crippen molar-refractivity contribution in [1.82, 2.24) is 4.90 Å². The molecule has 0 atom stereocenters. The summed E-state index contributed by atoms with van der Waals surface area (Å²) in [6.45, 7) is 2.79. The number of hydrogen-bond donors (Lipinski definition) is 1. The second kappa shape index (κ2) is 5.05. The number of carbonyl (C=O) groups excluding carboxylic acids is 1. The third-order valence-electron chi connectivity index (χ3n) is 3.61. The number of amides is 1. The summed E-state index contributed by atoms with van der Waals surface area (Å²) in [6, 6.07) is 5.17. The summed E-state index contributed by atoms with van der Waals surface area (Å²) in [6.07, 6.45) is 3.04. The molecule has 0 spiro atoms. The number of carbonyl (C=O) groups is 1. The van der Waals surface area contributed by atoms with Crippen LogP contribution in [0.5, 0.6) is 0 Å². The van der Waals surface area contributed by atoms with Crippen molar-refractivity contribution in [3.8, 4) is 0 Å². The van der Waals surface area contributed by atoms with Gasteiger partial charge in [-0.05, 0) is 31.4 Å². The Bertz CT molecular complexity index is 663. The van der Waals surface area contributed by atoms with Crippen LogP contribution in [0.1, 0.15) is 35.9 Å². The fourth-order valence-electron chi connectivity index (χ4n) is 2.50. The third kappa shape index (κ3) is 2.16. The second-order valence-electron chi connectivity index (χ2n) is 5.19. The van der Waals surface area contributed by atoms with E-state index in [0.717, 1.165) is 30.5 Å². The number of thiophene rings is 1. The molecule has 5 heteroatoms. The monoisotopic (exact) mass is 292 g/mol.